The van der Waals surface area contributed by atoms with Crippen molar-refractivity contribution >= 4 is 46.5 Å². The van der Waals surface area contributed by atoms with Crippen molar-refractivity contribution < 1.29 is 4.79 Å². The second kappa shape index (κ2) is 5.37. The van der Waals surface area contributed by atoms with Gasteiger partial charge in [0.05, 0.1) is 0 Å². The molecule has 0 aromatic rings. The van der Waals surface area contributed by atoms with Crippen LogP contribution in [0.1, 0.15) is 26.2 Å². The Morgan fingerprint density at radius 2 is 1.73 bits per heavy atom. The second-order valence-corrected chi connectivity index (χ2v) is 5.79. The van der Waals surface area contributed by atoms with Gasteiger partial charge < -0.3 is 4.90 Å². The molecule has 1 amide bonds. The molecular formula is C9H13Cl3N2O. The zero-order valence-electron chi connectivity index (χ0n) is 8.47. The second-order valence-electron chi connectivity index (χ2n) is 3.51. The Hall–Kier alpha value is 0.01000. The van der Waals surface area contributed by atoms with Crippen LogP contribution in [0, 0.1) is 0 Å². The van der Waals surface area contributed by atoms with E-state index < -0.39 is 9.70 Å². The Morgan fingerprint density at radius 1 is 1.20 bits per heavy atom. The summed E-state index contributed by atoms with van der Waals surface area (Å²) in [6, 6.07) is 0. The van der Waals surface area contributed by atoms with Crippen molar-refractivity contribution in [3.05, 3.63) is 0 Å². The summed E-state index contributed by atoms with van der Waals surface area (Å²) in [5.74, 6) is -0.0957. The number of amidine groups is 1. The first-order valence-corrected chi connectivity index (χ1v) is 5.96. The predicted octanol–water partition coefficient (Wildman–Crippen LogP) is 2.79. The fourth-order valence-corrected chi connectivity index (χ4v) is 1.63. The number of carbonyl (C=O) groups excluding carboxylic acids is 1. The van der Waals surface area contributed by atoms with E-state index in [9.17, 15) is 4.79 Å². The number of alkyl halides is 3. The minimum Gasteiger partial charge on any atom is -0.360 e. The van der Waals surface area contributed by atoms with Crippen LogP contribution in [0.4, 0.5) is 0 Å². The molecule has 6 heteroatoms. The number of nitrogens with zero attached hydrogens (tertiary/aromatic N) is 2. The van der Waals surface area contributed by atoms with Gasteiger partial charge in [0.15, 0.2) is 0 Å². The van der Waals surface area contributed by atoms with Crippen LogP contribution in [0.2, 0.25) is 0 Å². The number of rotatable bonds is 0. The highest BCUT2D eigenvalue weighted by atomic mass is 35.6. The first-order valence-electron chi connectivity index (χ1n) is 4.82. The topological polar surface area (TPSA) is 32.7 Å². The molecule has 0 atom stereocenters. The standard InChI is InChI=1S/C9H13Cl3N2O/c1-7(13-8(15)9(10,11)12)14-5-3-2-4-6-14/h2-6H2,1H3. The fourth-order valence-electron chi connectivity index (χ4n) is 1.50. The van der Waals surface area contributed by atoms with E-state index in [0.29, 0.717) is 5.84 Å². The fraction of sp³-hybridized carbons (Fsp3) is 0.778. The summed E-state index contributed by atoms with van der Waals surface area (Å²) in [6.07, 6.45) is 3.46. The average molecular weight is 272 g/mol. The normalized spacial score (nSPS) is 19.2. The zero-order valence-corrected chi connectivity index (χ0v) is 10.7. The van der Waals surface area contributed by atoms with Crippen molar-refractivity contribution in [1.82, 2.24) is 4.90 Å². The van der Waals surface area contributed by atoms with Gasteiger partial charge in [-0.15, -0.1) is 0 Å². The zero-order chi connectivity index (χ0) is 11.5. The third-order valence-corrected chi connectivity index (χ3v) is 2.80. The lowest BCUT2D eigenvalue weighted by atomic mass is 10.1. The lowest BCUT2D eigenvalue weighted by Crippen LogP contribution is -2.35. The van der Waals surface area contributed by atoms with Crippen LogP contribution >= 0.6 is 34.8 Å². The number of hydrogen-bond acceptors (Lipinski definition) is 1. The van der Waals surface area contributed by atoms with Gasteiger partial charge in [-0.05, 0) is 26.2 Å². The highest BCUT2D eigenvalue weighted by Gasteiger charge is 2.30. The molecule has 0 bridgehead atoms. The summed E-state index contributed by atoms with van der Waals surface area (Å²) < 4.78 is -1.95. The van der Waals surface area contributed by atoms with Crippen molar-refractivity contribution in [2.45, 2.75) is 30.0 Å². The smallest absolute Gasteiger partial charge is 0.299 e. The van der Waals surface area contributed by atoms with Gasteiger partial charge in [0.1, 0.15) is 5.84 Å². The number of halogens is 3. The number of piperidine rings is 1. The van der Waals surface area contributed by atoms with Crippen LogP contribution in [0.5, 0.6) is 0 Å². The lowest BCUT2D eigenvalue weighted by molar-refractivity contribution is -0.117. The van der Waals surface area contributed by atoms with Gasteiger partial charge in [-0.2, -0.15) is 4.99 Å². The molecule has 1 saturated heterocycles. The number of likely N-dealkylation sites (tertiary alicyclic amines) is 1. The molecule has 1 aliphatic heterocycles. The Bertz CT molecular complexity index is 267. The lowest BCUT2D eigenvalue weighted by Gasteiger charge is -2.28. The third kappa shape index (κ3) is 4.17. The molecule has 1 heterocycles. The van der Waals surface area contributed by atoms with Gasteiger partial charge in [-0.3, -0.25) is 4.79 Å². The molecule has 0 saturated carbocycles. The van der Waals surface area contributed by atoms with Crippen molar-refractivity contribution in [1.29, 1.82) is 0 Å². The van der Waals surface area contributed by atoms with Crippen LogP contribution in [0.3, 0.4) is 0 Å². The molecule has 86 valence electrons. The molecule has 0 spiro atoms. The van der Waals surface area contributed by atoms with Gasteiger partial charge in [-0.25, -0.2) is 0 Å². The molecule has 3 nitrogen and oxygen atoms in total. The first kappa shape index (κ1) is 13.1. The highest BCUT2D eigenvalue weighted by molar-refractivity contribution is 6.76. The summed E-state index contributed by atoms with van der Waals surface area (Å²) in [6.45, 7) is 3.60. The number of hydrogen-bond donors (Lipinski definition) is 0. The number of amides is 1. The van der Waals surface area contributed by atoms with Gasteiger partial charge >= 0.3 is 0 Å². The van der Waals surface area contributed by atoms with E-state index in [0.717, 1.165) is 25.9 Å². The van der Waals surface area contributed by atoms with Crippen LogP contribution in [0.25, 0.3) is 0 Å². The van der Waals surface area contributed by atoms with Crippen LogP contribution < -0.4 is 0 Å². The molecule has 0 aliphatic carbocycles. The first-order chi connectivity index (χ1) is 6.91. The largest absolute Gasteiger partial charge is 0.360 e. The minimum atomic E-state index is -1.95. The van der Waals surface area contributed by atoms with E-state index in [4.69, 9.17) is 34.8 Å². The van der Waals surface area contributed by atoms with Gasteiger partial charge in [-0.1, -0.05) is 34.8 Å². The van der Waals surface area contributed by atoms with Crippen molar-refractivity contribution in [2.75, 3.05) is 13.1 Å². The van der Waals surface area contributed by atoms with Crippen LogP contribution in [-0.4, -0.2) is 33.5 Å². The highest BCUT2D eigenvalue weighted by Crippen LogP contribution is 2.27. The average Bonchev–Trinajstić information content (AvgIpc) is 2.17. The quantitative estimate of drug-likeness (QED) is 0.385. The maximum Gasteiger partial charge on any atom is 0.299 e. The van der Waals surface area contributed by atoms with Gasteiger partial charge in [0.2, 0.25) is 0 Å². The summed E-state index contributed by atoms with van der Waals surface area (Å²) >= 11 is 16.3. The molecule has 0 unspecified atom stereocenters. The molecule has 1 rings (SSSR count). The van der Waals surface area contributed by atoms with Crippen LogP contribution in [-0.2, 0) is 4.79 Å². The summed E-state index contributed by atoms with van der Waals surface area (Å²) in [5.41, 5.74) is 0. The molecule has 0 aromatic carbocycles. The number of aliphatic imine (C=N–C) groups is 1. The molecular weight excluding hydrogens is 258 g/mol. The van der Waals surface area contributed by atoms with Crippen LogP contribution in [0.15, 0.2) is 4.99 Å². The number of carbonyl (C=O) groups is 1. The van der Waals surface area contributed by atoms with Crippen molar-refractivity contribution in [2.24, 2.45) is 4.99 Å². The van der Waals surface area contributed by atoms with E-state index >= 15 is 0 Å². The molecule has 1 fully saturated rings. The third-order valence-electron chi connectivity index (χ3n) is 2.32. The van der Waals surface area contributed by atoms with E-state index in [1.165, 1.54) is 6.42 Å². The molecule has 0 N–H and O–H groups in total. The molecule has 1 aliphatic rings. The van der Waals surface area contributed by atoms with Crippen molar-refractivity contribution in [3.8, 4) is 0 Å². The predicted molar refractivity (Wildman–Crippen MR) is 63.8 cm³/mol. The van der Waals surface area contributed by atoms with E-state index in [-0.39, 0.29) is 0 Å². The minimum absolute atomic E-state index is 0.631. The van der Waals surface area contributed by atoms with Gasteiger partial charge in [0.25, 0.3) is 9.70 Å². The SMILES string of the molecule is CC(=NC(=O)C(Cl)(Cl)Cl)N1CCCCC1. The Balaban J connectivity index is 2.62. The van der Waals surface area contributed by atoms with E-state index in [2.05, 4.69) is 4.99 Å². The molecule has 0 aromatic heterocycles. The maximum atomic E-state index is 11.3. The summed E-state index contributed by atoms with van der Waals surface area (Å²) in [4.78, 5) is 17.1. The monoisotopic (exact) mass is 270 g/mol. The Labute approximate surface area is 104 Å². The molecule has 15 heavy (non-hydrogen) atoms. The Kier molecular flexibility index (Phi) is 4.68. The Morgan fingerprint density at radius 3 is 2.20 bits per heavy atom. The van der Waals surface area contributed by atoms with Gasteiger partial charge in [0, 0.05) is 13.1 Å². The van der Waals surface area contributed by atoms with E-state index in [1.54, 1.807) is 6.92 Å². The van der Waals surface area contributed by atoms with E-state index in [1.807, 2.05) is 4.90 Å². The summed E-state index contributed by atoms with van der Waals surface area (Å²) in [7, 11) is 0. The van der Waals surface area contributed by atoms with Crippen molar-refractivity contribution in [3.63, 3.8) is 0 Å². The summed E-state index contributed by atoms with van der Waals surface area (Å²) in [5, 5.41) is 0. The molecule has 0 radical (unpaired) electrons. The maximum absolute atomic E-state index is 11.3.